The standard InChI is InChI=1S/C20H16N2O/c1-23-18-9-5-8-16(12-18)19-14-22-13-17(10-11-20(22)21-19)15-6-3-2-4-7-15/h2-14H,1H3. The number of rotatable bonds is 3. The van der Waals surface area contributed by atoms with Crippen molar-refractivity contribution in [3.05, 3.63) is 79.1 Å². The average molecular weight is 300 g/mol. The number of benzene rings is 2. The van der Waals surface area contributed by atoms with Gasteiger partial charge in [-0.1, -0.05) is 42.5 Å². The van der Waals surface area contributed by atoms with Crippen LogP contribution in [-0.4, -0.2) is 16.5 Å². The number of fused-ring (bicyclic) bond motifs is 1. The number of hydrogen-bond donors (Lipinski definition) is 0. The van der Waals surface area contributed by atoms with Crippen molar-refractivity contribution in [2.75, 3.05) is 7.11 Å². The summed E-state index contributed by atoms with van der Waals surface area (Å²) in [6.45, 7) is 0. The van der Waals surface area contributed by atoms with Crippen molar-refractivity contribution in [1.82, 2.24) is 9.38 Å². The number of hydrogen-bond acceptors (Lipinski definition) is 2. The molecule has 3 heteroatoms. The molecule has 0 amide bonds. The van der Waals surface area contributed by atoms with E-state index in [4.69, 9.17) is 9.72 Å². The van der Waals surface area contributed by atoms with Gasteiger partial charge in [-0.15, -0.1) is 0 Å². The Balaban J connectivity index is 1.79. The van der Waals surface area contributed by atoms with Crippen molar-refractivity contribution in [2.24, 2.45) is 0 Å². The van der Waals surface area contributed by atoms with Gasteiger partial charge in [0.05, 0.1) is 12.8 Å². The van der Waals surface area contributed by atoms with E-state index in [0.29, 0.717) is 0 Å². The second-order valence-electron chi connectivity index (χ2n) is 5.41. The van der Waals surface area contributed by atoms with E-state index in [1.54, 1.807) is 7.11 Å². The van der Waals surface area contributed by atoms with Crippen LogP contribution in [0.2, 0.25) is 0 Å². The van der Waals surface area contributed by atoms with Gasteiger partial charge in [0.1, 0.15) is 11.4 Å². The van der Waals surface area contributed by atoms with E-state index in [9.17, 15) is 0 Å². The van der Waals surface area contributed by atoms with Crippen molar-refractivity contribution < 1.29 is 4.74 Å². The molecule has 0 unspecified atom stereocenters. The van der Waals surface area contributed by atoms with Gasteiger partial charge in [-0.2, -0.15) is 0 Å². The molecular formula is C20H16N2O. The van der Waals surface area contributed by atoms with Crippen LogP contribution >= 0.6 is 0 Å². The highest BCUT2D eigenvalue weighted by molar-refractivity contribution is 5.68. The summed E-state index contributed by atoms with van der Waals surface area (Å²) in [6, 6.07) is 22.5. The molecule has 0 spiro atoms. The van der Waals surface area contributed by atoms with Gasteiger partial charge in [0.2, 0.25) is 0 Å². The minimum Gasteiger partial charge on any atom is -0.497 e. The Labute approximate surface area is 134 Å². The first kappa shape index (κ1) is 13.6. The van der Waals surface area contributed by atoms with Gasteiger partial charge < -0.3 is 9.14 Å². The van der Waals surface area contributed by atoms with Crippen LogP contribution in [0.25, 0.3) is 28.0 Å². The van der Waals surface area contributed by atoms with Gasteiger partial charge in [0.15, 0.2) is 0 Å². The second-order valence-corrected chi connectivity index (χ2v) is 5.41. The van der Waals surface area contributed by atoms with Gasteiger partial charge in [0, 0.05) is 18.0 Å². The van der Waals surface area contributed by atoms with Gasteiger partial charge >= 0.3 is 0 Å². The van der Waals surface area contributed by atoms with Gasteiger partial charge in [-0.3, -0.25) is 0 Å². The fourth-order valence-corrected chi connectivity index (χ4v) is 2.71. The maximum Gasteiger partial charge on any atom is 0.137 e. The lowest BCUT2D eigenvalue weighted by Crippen LogP contribution is -1.84. The molecule has 0 bridgehead atoms. The van der Waals surface area contributed by atoms with Crippen LogP contribution in [0.1, 0.15) is 0 Å². The molecule has 2 heterocycles. The van der Waals surface area contributed by atoms with E-state index >= 15 is 0 Å². The van der Waals surface area contributed by atoms with Crippen molar-refractivity contribution in [2.45, 2.75) is 0 Å². The summed E-state index contributed by atoms with van der Waals surface area (Å²) >= 11 is 0. The van der Waals surface area contributed by atoms with Gasteiger partial charge in [-0.25, -0.2) is 4.98 Å². The maximum atomic E-state index is 5.29. The van der Waals surface area contributed by atoms with Crippen LogP contribution in [0.4, 0.5) is 0 Å². The van der Waals surface area contributed by atoms with Crippen LogP contribution in [-0.2, 0) is 0 Å². The SMILES string of the molecule is COc1cccc(-c2cn3cc(-c4ccccc4)ccc3n2)c1. The first-order valence-electron chi connectivity index (χ1n) is 7.52. The Morgan fingerprint density at radius 3 is 2.43 bits per heavy atom. The van der Waals surface area contributed by atoms with Crippen molar-refractivity contribution in [3.8, 4) is 28.1 Å². The van der Waals surface area contributed by atoms with Crippen molar-refractivity contribution >= 4 is 5.65 Å². The molecule has 4 aromatic rings. The zero-order valence-corrected chi connectivity index (χ0v) is 12.8. The van der Waals surface area contributed by atoms with E-state index in [1.165, 1.54) is 11.1 Å². The lowest BCUT2D eigenvalue weighted by atomic mass is 10.1. The summed E-state index contributed by atoms with van der Waals surface area (Å²) in [5.74, 6) is 0.838. The molecule has 0 saturated carbocycles. The van der Waals surface area contributed by atoms with Crippen LogP contribution < -0.4 is 4.74 Å². The molecular weight excluding hydrogens is 284 g/mol. The number of pyridine rings is 1. The molecule has 4 rings (SSSR count). The number of methoxy groups -OCH3 is 1. The second kappa shape index (κ2) is 5.61. The molecule has 23 heavy (non-hydrogen) atoms. The normalized spacial score (nSPS) is 10.8. The fraction of sp³-hybridized carbons (Fsp3) is 0.0500. The third kappa shape index (κ3) is 2.57. The Bertz CT molecular complexity index is 958. The maximum absolute atomic E-state index is 5.29. The Morgan fingerprint density at radius 1 is 0.783 bits per heavy atom. The number of ether oxygens (including phenoxy) is 1. The first-order valence-corrected chi connectivity index (χ1v) is 7.52. The van der Waals surface area contributed by atoms with Crippen molar-refractivity contribution in [3.63, 3.8) is 0 Å². The average Bonchev–Trinajstić information content (AvgIpc) is 3.06. The fourth-order valence-electron chi connectivity index (χ4n) is 2.71. The van der Waals surface area contributed by atoms with E-state index < -0.39 is 0 Å². The molecule has 0 saturated heterocycles. The molecule has 0 N–H and O–H groups in total. The Morgan fingerprint density at radius 2 is 1.61 bits per heavy atom. The van der Waals surface area contributed by atoms with Crippen molar-refractivity contribution in [1.29, 1.82) is 0 Å². The minimum atomic E-state index is 0.838. The predicted octanol–water partition coefficient (Wildman–Crippen LogP) is 4.68. The third-order valence-corrected chi connectivity index (χ3v) is 3.92. The molecule has 3 nitrogen and oxygen atoms in total. The molecule has 0 fully saturated rings. The molecule has 2 aromatic carbocycles. The zero-order valence-electron chi connectivity index (χ0n) is 12.8. The van der Waals surface area contributed by atoms with Crippen LogP contribution in [0.3, 0.4) is 0 Å². The summed E-state index contributed by atoms with van der Waals surface area (Å²) in [6.07, 6.45) is 4.16. The largest absolute Gasteiger partial charge is 0.497 e. The third-order valence-electron chi connectivity index (χ3n) is 3.92. The monoisotopic (exact) mass is 300 g/mol. The highest BCUT2D eigenvalue weighted by atomic mass is 16.5. The predicted molar refractivity (Wildman–Crippen MR) is 92.6 cm³/mol. The van der Waals surface area contributed by atoms with Gasteiger partial charge in [-0.05, 0) is 35.4 Å². The summed E-state index contributed by atoms with van der Waals surface area (Å²) < 4.78 is 7.36. The summed E-state index contributed by atoms with van der Waals surface area (Å²) in [7, 11) is 1.68. The quantitative estimate of drug-likeness (QED) is 0.549. The Kier molecular flexibility index (Phi) is 3.31. The molecule has 0 radical (unpaired) electrons. The summed E-state index contributed by atoms with van der Waals surface area (Å²) in [5, 5.41) is 0. The first-order chi connectivity index (χ1) is 11.3. The highest BCUT2D eigenvalue weighted by Gasteiger charge is 2.06. The van der Waals surface area contributed by atoms with E-state index in [0.717, 1.165) is 22.7 Å². The molecule has 112 valence electrons. The molecule has 0 aliphatic rings. The number of aromatic nitrogens is 2. The topological polar surface area (TPSA) is 26.5 Å². The zero-order chi connectivity index (χ0) is 15.6. The molecule has 2 aromatic heterocycles. The lowest BCUT2D eigenvalue weighted by molar-refractivity contribution is 0.415. The summed E-state index contributed by atoms with van der Waals surface area (Å²) in [4.78, 5) is 4.70. The number of nitrogens with zero attached hydrogens (tertiary/aromatic N) is 2. The minimum absolute atomic E-state index is 0.838. The highest BCUT2D eigenvalue weighted by Crippen LogP contribution is 2.25. The molecule has 0 aliphatic carbocycles. The van der Waals surface area contributed by atoms with E-state index in [-0.39, 0.29) is 0 Å². The number of imidazole rings is 1. The summed E-state index contributed by atoms with van der Waals surface area (Å²) in [5.41, 5.74) is 5.30. The molecule has 0 aliphatic heterocycles. The smallest absolute Gasteiger partial charge is 0.137 e. The van der Waals surface area contributed by atoms with Gasteiger partial charge in [0.25, 0.3) is 0 Å². The van der Waals surface area contributed by atoms with Crippen LogP contribution in [0, 0.1) is 0 Å². The van der Waals surface area contributed by atoms with E-state index in [1.807, 2.05) is 36.4 Å². The van der Waals surface area contributed by atoms with Crippen LogP contribution in [0.5, 0.6) is 5.75 Å². The Hall–Kier alpha value is -3.07. The molecule has 0 atom stereocenters. The lowest BCUT2D eigenvalue weighted by Gasteiger charge is -2.02. The van der Waals surface area contributed by atoms with Crippen LogP contribution in [0.15, 0.2) is 79.1 Å². The van der Waals surface area contributed by atoms with E-state index in [2.05, 4.69) is 47.1 Å².